The summed E-state index contributed by atoms with van der Waals surface area (Å²) in [6.45, 7) is 0.441. The summed E-state index contributed by atoms with van der Waals surface area (Å²) in [6.07, 6.45) is 8.42. The molecule has 3 aromatic rings. The Morgan fingerprint density at radius 3 is 2.64 bits per heavy atom. The predicted octanol–water partition coefficient (Wildman–Crippen LogP) is 2.47. The zero-order valence-electron chi connectivity index (χ0n) is 11.8. The van der Waals surface area contributed by atoms with Gasteiger partial charge in [-0.3, -0.25) is 19.7 Å². The third-order valence-electron chi connectivity index (χ3n) is 3.18. The van der Waals surface area contributed by atoms with Crippen LogP contribution in [0, 0.1) is 0 Å². The Bertz CT molecular complexity index is 760. The van der Waals surface area contributed by atoms with Crippen LogP contribution in [0.2, 0.25) is 0 Å². The topological polar surface area (TPSA) is 67.8 Å². The first-order valence-corrected chi connectivity index (χ1v) is 6.86. The zero-order valence-corrected chi connectivity index (χ0v) is 11.8. The van der Waals surface area contributed by atoms with Gasteiger partial charge in [0.25, 0.3) is 5.91 Å². The first-order chi connectivity index (χ1) is 10.8. The van der Waals surface area contributed by atoms with Crippen molar-refractivity contribution in [2.24, 2.45) is 0 Å². The second-order valence-electron chi connectivity index (χ2n) is 4.71. The van der Waals surface area contributed by atoms with Crippen LogP contribution < -0.4 is 5.32 Å². The number of carbonyl (C=O) groups is 1. The van der Waals surface area contributed by atoms with Crippen molar-refractivity contribution < 1.29 is 4.79 Å². The third kappa shape index (κ3) is 3.32. The van der Waals surface area contributed by atoms with Crippen LogP contribution in [0.5, 0.6) is 0 Å². The molecule has 0 fully saturated rings. The number of hydrogen-bond donors (Lipinski definition) is 1. The van der Waals surface area contributed by atoms with E-state index in [0.29, 0.717) is 12.1 Å². The molecule has 3 aromatic heterocycles. The van der Waals surface area contributed by atoms with Crippen LogP contribution in [0.25, 0.3) is 11.3 Å². The molecular formula is C17H14N4O. The molecule has 0 atom stereocenters. The van der Waals surface area contributed by atoms with Gasteiger partial charge in [0, 0.05) is 48.7 Å². The number of amides is 1. The molecule has 1 N–H and O–H groups in total. The summed E-state index contributed by atoms with van der Waals surface area (Å²) in [5.74, 6) is -0.123. The van der Waals surface area contributed by atoms with Crippen molar-refractivity contribution >= 4 is 5.91 Å². The average Bonchev–Trinajstić information content (AvgIpc) is 2.61. The Labute approximate surface area is 128 Å². The van der Waals surface area contributed by atoms with E-state index in [1.807, 2.05) is 24.3 Å². The van der Waals surface area contributed by atoms with E-state index in [2.05, 4.69) is 20.3 Å². The first kappa shape index (κ1) is 13.9. The lowest BCUT2D eigenvalue weighted by atomic mass is 10.1. The van der Waals surface area contributed by atoms with Crippen molar-refractivity contribution in [3.8, 4) is 11.3 Å². The van der Waals surface area contributed by atoms with Crippen molar-refractivity contribution in [2.45, 2.75) is 6.54 Å². The highest BCUT2D eigenvalue weighted by atomic mass is 16.1. The maximum absolute atomic E-state index is 12.0. The van der Waals surface area contributed by atoms with Crippen molar-refractivity contribution in [1.82, 2.24) is 20.3 Å². The predicted molar refractivity (Wildman–Crippen MR) is 82.9 cm³/mol. The van der Waals surface area contributed by atoms with Gasteiger partial charge in [0.15, 0.2) is 0 Å². The Balaban J connectivity index is 1.70. The number of rotatable bonds is 4. The average molecular weight is 290 g/mol. The molecule has 0 saturated heterocycles. The quantitative estimate of drug-likeness (QED) is 0.801. The zero-order chi connectivity index (χ0) is 15.2. The minimum Gasteiger partial charge on any atom is -0.348 e. The van der Waals surface area contributed by atoms with Gasteiger partial charge in [-0.25, -0.2) is 0 Å². The maximum atomic E-state index is 12.0. The summed E-state index contributed by atoms with van der Waals surface area (Å²) in [6, 6.07) is 11.0. The van der Waals surface area contributed by atoms with Crippen LogP contribution >= 0.6 is 0 Å². The van der Waals surface area contributed by atoms with Crippen LogP contribution in [0.3, 0.4) is 0 Å². The third-order valence-corrected chi connectivity index (χ3v) is 3.18. The number of pyridine rings is 3. The summed E-state index contributed by atoms with van der Waals surface area (Å²) >= 11 is 0. The highest BCUT2D eigenvalue weighted by Gasteiger charge is 2.05. The standard InChI is InChI=1S/C17H14N4O/c22-17(14-4-7-18-8-5-14)21-11-13-3-9-20-16(10-13)15-2-1-6-19-12-15/h1-10,12H,11H2,(H,21,22). The molecule has 0 radical (unpaired) electrons. The van der Waals surface area contributed by atoms with Gasteiger partial charge in [-0.05, 0) is 42.0 Å². The molecule has 5 heteroatoms. The summed E-state index contributed by atoms with van der Waals surface area (Å²) in [5, 5.41) is 2.88. The Hall–Kier alpha value is -3.08. The molecule has 3 rings (SSSR count). The Kier molecular flexibility index (Phi) is 4.15. The minimum absolute atomic E-state index is 0.123. The summed E-state index contributed by atoms with van der Waals surface area (Å²) < 4.78 is 0. The number of nitrogens with zero attached hydrogens (tertiary/aromatic N) is 3. The van der Waals surface area contributed by atoms with E-state index in [0.717, 1.165) is 16.8 Å². The monoisotopic (exact) mass is 290 g/mol. The smallest absolute Gasteiger partial charge is 0.251 e. The van der Waals surface area contributed by atoms with Crippen molar-refractivity contribution in [2.75, 3.05) is 0 Å². The fraction of sp³-hybridized carbons (Fsp3) is 0.0588. The molecule has 0 saturated carbocycles. The van der Waals surface area contributed by atoms with Crippen LogP contribution in [0.4, 0.5) is 0 Å². The van der Waals surface area contributed by atoms with Crippen molar-refractivity contribution in [3.05, 3.63) is 78.5 Å². The molecule has 0 aliphatic rings. The van der Waals surface area contributed by atoms with E-state index in [9.17, 15) is 4.79 Å². The first-order valence-electron chi connectivity index (χ1n) is 6.86. The van der Waals surface area contributed by atoms with Crippen LogP contribution in [0.1, 0.15) is 15.9 Å². The van der Waals surface area contributed by atoms with E-state index >= 15 is 0 Å². The van der Waals surface area contributed by atoms with Gasteiger partial charge < -0.3 is 5.32 Å². The van der Waals surface area contributed by atoms with E-state index in [1.54, 1.807) is 43.1 Å². The molecule has 0 aliphatic heterocycles. The van der Waals surface area contributed by atoms with Gasteiger partial charge in [0.2, 0.25) is 0 Å². The number of hydrogen-bond acceptors (Lipinski definition) is 4. The highest BCUT2D eigenvalue weighted by molar-refractivity contribution is 5.93. The molecule has 22 heavy (non-hydrogen) atoms. The van der Waals surface area contributed by atoms with Gasteiger partial charge in [-0.2, -0.15) is 0 Å². The maximum Gasteiger partial charge on any atom is 0.251 e. The largest absolute Gasteiger partial charge is 0.348 e. The summed E-state index contributed by atoms with van der Waals surface area (Å²) in [4.78, 5) is 24.3. The van der Waals surface area contributed by atoms with E-state index in [4.69, 9.17) is 0 Å². The Morgan fingerprint density at radius 1 is 1.00 bits per heavy atom. The fourth-order valence-electron chi connectivity index (χ4n) is 2.04. The van der Waals surface area contributed by atoms with Crippen LogP contribution in [0.15, 0.2) is 67.4 Å². The van der Waals surface area contributed by atoms with Crippen LogP contribution in [-0.2, 0) is 6.54 Å². The number of nitrogens with one attached hydrogen (secondary N) is 1. The van der Waals surface area contributed by atoms with Gasteiger partial charge >= 0.3 is 0 Å². The van der Waals surface area contributed by atoms with Gasteiger partial charge in [-0.15, -0.1) is 0 Å². The highest BCUT2D eigenvalue weighted by Crippen LogP contribution is 2.16. The van der Waals surface area contributed by atoms with Crippen molar-refractivity contribution in [3.63, 3.8) is 0 Å². The van der Waals surface area contributed by atoms with Crippen molar-refractivity contribution in [1.29, 1.82) is 0 Å². The van der Waals surface area contributed by atoms with Gasteiger partial charge in [0.1, 0.15) is 0 Å². The number of carbonyl (C=O) groups excluding carboxylic acids is 1. The summed E-state index contributed by atoms with van der Waals surface area (Å²) in [7, 11) is 0. The second-order valence-corrected chi connectivity index (χ2v) is 4.71. The molecular weight excluding hydrogens is 276 g/mol. The lowest BCUT2D eigenvalue weighted by Gasteiger charge is -2.07. The molecule has 5 nitrogen and oxygen atoms in total. The molecule has 0 spiro atoms. The van der Waals surface area contributed by atoms with E-state index < -0.39 is 0 Å². The Morgan fingerprint density at radius 2 is 1.86 bits per heavy atom. The van der Waals surface area contributed by atoms with E-state index in [1.165, 1.54) is 0 Å². The molecule has 0 unspecified atom stereocenters. The lowest BCUT2D eigenvalue weighted by Crippen LogP contribution is -2.22. The molecule has 1 amide bonds. The molecule has 3 heterocycles. The van der Waals surface area contributed by atoms with Gasteiger partial charge in [0.05, 0.1) is 5.69 Å². The minimum atomic E-state index is -0.123. The molecule has 0 aliphatic carbocycles. The molecule has 0 bridgehead atoms. The van der Waals surface area contributed by atoms with E-state index in [-0.39, 0.29) is 5.91 Å². The van der Waals surface area contributed by atoms with Gasteiger partial charge in [-0.1, -0.05) is 0 Å². The second kappa shape index (κ2) is 6.58. The summed E-state index contributed by atoms with van der Waals surface area (Å²) in [5.41, 5.74) is 3.36. The molecule has 108 valence electrons. The fourth-order valence-corrected chi connectivity index (χ4v) is 2.04. The van der Waals surface area contributed by atoms with Crippen LogP contribution in [-0.4, -0.2) is 20.9 Å². The normalized spacial score (nSPS) is 10.2. The SMILES string of the molecule is O=C(NCc1ccnc(-c2cccnc2)c1)c1ccncc1. The molecule has 0 aromatic carbocycles. The lowest BCUT2D eigenvalue weighted by molar-refractivity contribution is 0.0951. The number of aromatic nitrogens is 3.